The van der Waals surface area contributed by atoms with Gasteiger partial charge in [-0.2, -0.15) is 0 Å². The van der Waals surface area contributed by atoms with Gasteiger partial charge < -0.3 is 5.32 Å². The maximum Gasteiger partial charge on any atom is 0.212 e. The summed E-state index contributed by atoms with van der Waals surface area (Å²) < 4.78 is 27.3. The molecule has 1 heterocycles. The summed E-state index contributed by atoms with van der Waals surface area (Å²) in [6, 6.07) is 0.189. The summed E-state index contributed by atoms with van der Waals surface area (Å²) in [6.07, 6.45) is 7.60. The predicted molar refractivity (Wildman–Crippen MR) is 78.6 cm³/mol. The molecule has 112 valence electrons. The van der Waals surface area contributed by atoms with Crippen molar-refractivity contribution in [1.82, 2.24) is 10.0 Å². The van der Waals surface area contributed by atoms with E-state index in [1.54, 1.807) is 0 Å². The molecule has 1 aliphatic carbocycles. The molecule has 5 heteroatoms. The average molecular weight is 288 g/mol. The third kappa shape index (κ3) is 5.04. The molecular weight excluding hydrogens is 260 g/mol. The van der Waals surface area contributed by atoms with Gasteiger partial charge in [0.15, 0.2) is 0 Å². The van der Waals surface area contributed by atoms with Crippen LogP contribution in [0, 0.1) is 11.8 Å². The number of rotatable bonds is 5. The minimum atomic E-state index is -3.08. The van der Waals surface area contributed by atoms with Crippen LogP contribution in [0.15, 0.2) is 0 Å². The lowest BCUT2D eigenvalue weighted by molar-refractivity contribution is 0.305. The van der Waals surface area contributed by atoms with Gasteiger partial charge in [-0.05, 0) is 63.5 Å². The SMILES string of the molecule is CCC1CCC(NS(=O)(=O)CC2CCNCC2)CC1. The van der Waals surface area contributed by atoms with E-state index in [0.717, 1.165) is 44.7 Å². The zero-order valence-electron chi connectivity index (χ0n) is 12.0. The fourth-order valence-corrected chi connectivity index (χ4v) is 5.14. The summed E-state index contributed by atoms with van der Waals surface area (Å²) in [5, 5.41) is 3.28. The molecule has 19 heavy (non-hydrogen) atoms. The maximum atomic E-state index is 12.2. The van der Waals surface area contributed by atoms with Crippen molar-refractivity contribution >= 4 is 10.0 Å². The first-order valence-electron chi connectivity index (χ1n) is 7.80. The summed E-state index contributed by atoms with van der Waals surface area (Å²) >= 11 is 0. The van der Waals surface area contributed by atoms with Crippen LogP contribution in [0.5, 0.6) is 0 Å². The summed E-state index contributed by atoms with van der Waals surface area (Å²) in [5.41, 5.74) is 0. The van der Waals surface area contributed by atoms with E-state index in [9.17, 15) is 8.42 Å². The van der Waals surface area contributed by atoms with Crippen LogP contribution in [-0.2, 0) is 10.0 Å². The van der Waals surface area contributed by atoms with Gasteiger partial charge in [0.2, 0.25) is 10.0 Å². The van der Waals surface area contributed by atoms with Crippen molar-refractivity contribution in [3.63, 3.8) is 0 Å². The lowest BCUT2D eigenvalue weighted by atomic mass is 9.85. The molecule has 0 atom stereocenters. The van der Waals surface area contributed by atoms with Gasteiger partial charge in [-0.15, -0.1) is 0 Å². The number of piperidine rings is 1. The maximum absolute atomic E-state index is 12.2. The van der Waals surface area contributed by atoms with Gasteiger partial charge in [0.25, 0.3) is 0 Å². The number of nitrogens with one attached hydrogen (secondary N) is 2. The molecular formula is C14H28N2O2S. The first-order chi connectivity index (χ1) is 9.09. The molecule has 0 unspecified atom stereocenters. The van der Waals surface area contributed by atoms with Crippen LogP contribution in [-0.4, -0.2) is 33.3 Å². The quantitative estimate of drug-likeness (QED) is 0.812. The van der Waals surface area contributed by atoms with Crippen LogP contribution >= 0.6 is 0 Å². The Hall–Kier alpha value is -0.130. The van der Waals surface area contributed by atoms with Crippen molar-refractivity contribution in [1.29, 1.82) is 0 Å². The van der Waals surface area contributed by atoms with E-state index in [1.165, 1.54) is 19.3 Å². The van der Waals surface area contributed by atoms with Gasteiger partial charge in [0.1, 0.15) is 0 Å². The van der Waals surface area contributed by atoms with Gasteiger partial charge in [-0.1, -0.05) is 13.3 Å². The molecule has 2 aliphatic rings. The topological polar surface area (TPSA) is 58.2 Å². The highest BCUT2D eigenvalue weighted by molar-refractivity contribution is 7.89. The molecule has 0 amide bonds. The van der Waals surface area contributed by atoms with Crippen molar-refractivity contribution in [2.45, 2.75) is 57.9 Å². The van der Waals surface area contributed by atoms with Gasteiger partial charge in [-0.3, -0.25) is 0 Å². The Labute approximate surface area is 117 Å². The minimum Gasteiger partial charge on any atom is -0.317 e. The second-order valence-electron chi connectivity index (χ2n) is 6.22. The van der Waals surface area contributed by atoms with Crippen LogP contribution in [0.25, 0.3) is 0 Å². The number of hydrogen-bond acceptors (Lipinski definition) is 3. The van der Waals surface area contributed by atoms with Crippen molar-refractivity contribution < 1.29 is 8.42 Å². The van der Waals surface area contributed by atoms with Crippen molar-refractivity contribution in [3.8, 4) is 0 Å². The Morgan fingerprint density at radius 2 is 1.63 bits per heavy atom. The molecule has 0 radical (unpaired) electrons. The molecule has 0 aromatic carbocycles. The molecule has 1 saturated carbocycles. The average Bonchev–Trinajstić information content (AvgIpc) is 2.39. The molecule has 0 aromatic heterocycles. The van der Waals surface area contributed by atoms with E-state index >= 15 is 0 Å². The molecule has 1 saturated heterocycles. The smallest absolute Gasteiger partial charge is 0.212 e. The zero-order valence-corrected chi connectivity index (χ0v) is 12.8. The van der Waals surface area contributed by atoms with E-state index < -0.39 is 10.0 Å². The van der Waals surface area contributed by atoms with Gasteiger partial charge in [0.05, 0.1) is 5.75 Å². The van der Waals surface area contributed by atoms with E-state index in [1.807, 2.05) is 0 Å². The van der Waals surface area contributed by atoms with Gasteiger partial charge in [0, 0.05) is 6.04 Å². The monoisotopic (exact) mass is 288 g/mol. The Balaban J connectivity index is 1.77. The molecule has 2 N–H and O–H groups in total. The summed E-state index contributed by atoms with van der Waals surface area (Å²) in [4.78, 5) is 0. The van der Waals surface area contributed by atoms with E-state index in [4.69, 9.17) is 0 Å². The van der Waals surface area contributed by atoms with Gasteiger partial charge in [-0.25, -0.2) is 13.1 Å². The highest BCUT2D eigenvalue weighted by atomic mass is 32.2. The minimum absolute atomic E-state index is 0.189. The predicted octanol–water partition coefficient (Wildman–Crippen LogP) is 1.87. The summed E-state index contributed by atoms with van der Waals surface area (Å²) in [7, 11) is -3.08. The summed E-state index contributed by atoms with van der Waals surface area (Å²) in [6.45, 7) is 4.15. The first kappa shape index (κ1) is 15.3. The standard InChI is InChI=1S/C14H28N2O2S/c1-2-12-3-5-14(6-4-12)16-19(17,18)11-13-7-9-15-10-8-13/h12-16H,2-11H2,1H3. The van der Waals surface area contributed by atoms with E-state index in [0.29, 0.717) is 11.7 Å². The lowest BCUT2D eigenvalue weighted by Crippen LogP contribution is -2.41. The Kier molecular flexibility index (Phi) is 5.66. The molecule has 4 nitrogen and oxygen atoms in total. The Morgan fingerprint density at radius 1 is 1.00 bits per heavy atom. The molecule has 0 aromatic rings. The third-order valence-corrected chi connectivity index (χ3v) is 6.29. The van der Waals surface area contributed by atoms with Crippen LogP contribution in [0.3, 0.4) is 0 Å². The van der Waals surface area contributed by atoms with Crippen molar-refractivity contribution in [2.75, 3.05) is 18.8 Å². The first-order valence-corrected chi connectivity index (χ1v) is 9.45. The molecule has 0 bridgehead atoms. The van der Waals surface area contributed by atoms with Crippen LogP contribution in [0.2, 0.25) is 0 Å². The van der Waals surface area contributed by atoms with Crippen LogP contribution in [0.4, 0.5) is 0 Å². The Morgan fingerprint density at radius 3 is 2.21 bits per heavy atom. The van der Waals surface area contributed by atoms with E-state index in [2.05, 4.69) is 17.0 Å². The normalized spacial score (nSPS) is 30.4. The van der Waals surface area contributed by atoms with Crippen LogP contribution in [0.1, 0.15) is 51.9 Å². The Bertz CT molecular complexity index is 356. The summed E-state index contributed by atoms with van der Waals surface area (Å²) in [5.74, 6) is 1.47. The fraction of sp³-hybridized carbons (Fsp3) is 1.00. The van der Waals surface area contributed by atoms with Crippen molar-refractivity contribution in [3.05, 3.63) is 0 Å². The van der Waals surface area contributed by atoms with Crippen LogP contribution < -0.4 is 10.0 Å². The highest BCUT2D eigenvalue weighted by Crippen LogP contribution is 2.27. The van der Waals surface area contributed by atoms with Crippen molar-refractivity contribution in [2.24, 2.45) is 11.8 Å². The molecule has 0 spiro atoms. The number of hydrogen-bond donors (Lipinski definition) is 2. The second kappa shape index (κ2) is 7.04. The number of sulfonamides is 1. The molecule has 2 fully saturated rings. The molecule has 1 aliphatic heterocycles. The second-order valence-corrected chi connectivity index (χ2v) is 8.02. The third-order valence-electron chi connectivity index (χ3n) is 4.68. The lowest BCUT2D eigenvalue weighted by Gasteiger charge is -2.29. The highest BCUT2D eigenvalue weighted by Gasteiger charge is 2.26. The largest absolute Gasteiger partial charge is 0.317 e. The zero-order chi connectivity index (χ0) is 13.7. The van der Waals surface area contributed by atoms with E-state index in [-0.39, 0.29) is 6.04 Å². The fourth-order valence-electron chi connectivity index (χ4n) is 3.35. The van der Waals surface area contributed by atoms with Gasteiger partial charge >= 0.3 is 0 Å². The molecule has 2 rings (SSSR count).